The van der Waals surface area contributed by atoms with Crippen LogP contribution in [0.4, 0.5) is 0 Å². The highest BCUT2D eigenvalue weighted by Gasteiger charge is 2.29. The minimum absolute atomic E-state index is 0.00585. The zero-order valence-corrected chi connectivity index (χ0v) is 12.7. The molecule has 1 aromatic carbocycles. The highest BCUT2D eigenvalue weighted by Crippen LogP contribution is 2.21. The number of hydrogen-bond acceptors (Lipinski definition) is 3. The van der Waals surface area contributed by atoms with Gasteiger partial charge in [-0.15, -0.1) is 0 Å². The fraction of sp³-hybridized carbons (Fsp3) is 0.500. The van der Waals surface area contributed by atoms with Gasteiger partial charge in [-0.25, -0.2) is 4.79 Å². The maximum absolute atomic E-state index is 11.9. The van der Waals surface area contributed by atoms with Gasteiger partial charge in [0.05, 0.1) is 0 Å². The molecule has 1 aromatic rings. The van der Waals surface area contributed by atoms with Crippen molar-refractivity contribution in [3.63, 3.8) is 0 Å². The maximum atomic E-state index is 11.9. The monoisotopic (exact) mass is 293 g/mol. The van der Waals surface area contributed by atoms with E-state index in [1.165, 1.54) is 0 Å². The topological polar surface area (TPSA) is 86.6 Å². The Labute approximate surface area is 125 Å². The molecule has 0 fully saturated rings. The van der Waals surface area contributed by atoms with E-state index in [0.29, 0.717) is 12.0 Å². The van der Waals surface area contributed by atoms with Gasteiger partial charge in [0.2, 0.25) is 5.91 Å². The molecule has 0 unspecified atom stereocenters. The lowest BCUT2D eigenvalue weighted by molar-refractivity contribution is -0.145. The molecule has 0 aliphatic heterocycles. The molecule has 1 rings (SSSR count). The summed E-state index contributed by atoms with van der Waals surface area (Å²) in [5.74, 6) is -1.62. The van der Waals surface area contributed by atoms with Crippen LogP contribution in [-0.4, -0.2) is 28.1 Å². The molecule has 0 heterocycles. The first kappa shape index (κ1) is 17.2. The quantitative estimate of drug-likeness (QED) is 0.749. The van der Waals surface area contributed by atoms with Gasteiger partial charge < -0.3 is 15.5 Å². The Bertz CT molecular complexity index is 479. The third-order valence-electron chi connectivity index (χ3n) is 3.14. The lowest BCUT2D eigenvalue weighted by atomic mass is 9.90. The normalized spacial score (nSPS) is 14.3. The highest BCUT2D eigenvalue weighted by atomic mass is 16.4. The van der Waals surface area contributed by atoms with E-state index in [9.17, 15) is 19.8 Å². The molecule has 0 aliphatic rings. The van der Waals surface area contributed by atoms with E-state index in [1.807, 2.05) is 20.8 Å². The van der Waals surface area contributed by atoms with E-state index in [1.54, 1.807) is 30.3 Å². The number of aliphatic hydroxyl groups is 1. The van der Waals surface area contributed by atoms with Crippen molar-refractivity contribution in [3.8, 4) is 0 Å². The fourth-order valence-corrected chi connectivity index (χ4v) is 1.85. The van der Waals surface area contributed by atoms with E-state index in [4.69, 9.17) is 0 Å². The SMILES string of the molecule is CC(C)(C)CCC(=O)N[C@H](C(=O)O)[C@H](O)c1ccccc1. The highest BCUT2D eigenvalue weighted by molar-refractivity contribution is 5.84. The number of amides is 1. The number of carbonyl (C=O) groups excluding carboxylic acids is 1. The van der Waals surface area contributed by atoms with Crippen LogP contribution in [0, 0.1) is 5.41 Å². The largest absolute Gasteiger partial charge is 0.480 e. The molecule has 116 valence electrons. The summed E-state index contributed by atoms with van der Waals surface area (Å²) in [5.41, 5.74) is 0.453. The Morgan fingerprint density at radius 3 is 2.24 bits per heavy atom. The molecule has 0 aromatic heterocycles. The van der Waals surface area contributed by atoms with Crippen LogP contribution in [0.2, 0.25) is 0 Å². The lowest BCUT2D eigenvalue weighted by Gasteiger charge is -2.22. The molecule has 1 amide bonds. The average molecular weight is 293 g/mol. The summed E-state index contributed by atoms with van der Waals surface area (Å²) in [6, 6.07) is 7.09. The van der Waals surface area contributed by atoms with Crippen LogP contribution in [0.25, 0.3) is 0 Å². The summed E-state index contributed by atoms with van der Waals surface area (Å²) < 4.78 is 0. The van der Waals surface area contributed by atoms with Crippen molar-refractivity contribution in [3.05, 3.63) is 35.9 Å². The molecule has 0 bridgehead atoms. The van der Waals surface area contributed by atoms with Gasteiger partial charge in [-0.2, -0.15) is 0 Å². The summed E-state index contributed by atoms with van der Waals surface area (Å²) in [5, 5.41) is 21.7. The fourth-order valence-electron chi connectivity index (χ4n) is 1.85. The molecule has 0 radical (unpaired) electrons. The van der Waals surface area contributed by atoms with Crippen molar-refractivity contribution in [2.75, 3.05) is 0 Å². The second-order valence-corrected chi connectivity index (χ2v) is 6.30. The van der Waals surface area contributed by atoms with Crippen LogP contribution in [0.1, 0.15) is 45.3 Å². The molecule has 3 N–H and O–H groups in total. The summed E-state index contributed by atoms with van der Waals surface area (Å²) in [6.07, 6.45) is -0.399. The van der Waals surface area contributed by atoms with Crippen LogP contribution in [-0.2, 0) is 9.59 Å². The number of carbonyl (C=O) groups is 2. The van der Waals surface area contributed by atoms with Crippen molar-refractivity contribution >= 4 is 11.9 Å². The second kappa shape index (κ2) is 7.22. The summed E-state index contributed by atoms with van der Waals surface area (Å²) in [7, 11) is 0. The zero-order chi connectivity index (χ0) is 16.0. The molecule has 0 saturated carbocycles. The maximum Gasteiger partial charge on any atom is 0.329 e. The number of hydrogen-bond donors (Lipinski definition) is 3. The predicted molar refractivity (Wildman–Crippen MR) is 79.7 cm³/mol. The standard InChI is InChI=1S/C16H23NO4/c1-16(2,3)10-9-12(18)17-13(15(20)21)14(19)11-7-5-4-6-8-11/h4-8,13-14,19H,9-10H2,1-3H3,(H,17,18)(H,20,21)/t13-,14+/m0/s1. The Balaban J connectivity index is 2.70. The third-order valence-corrected chi connectivity index (χ3v) is 3.14. The Kier molecular flexibility index (Phi) is 5.90. The summed E-state index contributed by atoms with van der Waals surface area (Å²) >= 11 is 0. The molecule has 5 nitrogen and oxygen atoms in total. The predicted octanol–water partition coefficient (Wildman–Crippen LogP) is 2.12. The Hall–Kier alpha value is -1.88. The van der Waals surface area contributed by atoms with E-state index < -0.39 is 18.1 Å². The Morgan fingerprint density at radius 2 is 1.76 bits per heavy atom. The smallest absolute Gasteiger partial charge is 0.329 e. The molecule has 5 heteroatoms. The number of carboxylic acid groups (broad SMARTS) is 1. The molecule has 2 atom stereocenters. The molecule has 21 heavy (non-hydrogen) atoms. The number of carboxylic acids is 1. The van der Waals surface area contributed by atoms with Gasteiger partial charge in [-0.3, -0.25) is 4.79 Å². The van der Waals surface area contributed by atoms with Crippen LogP contribution in [0.5, 0.6) is 0 Å². The van der Waals surface area contributed by atoms with Gasteiger partial charge in [0.15, 0.2) is 6.04 Å². The second-order valence-electron chi connectivity index (χ2n) is 6.30. The summed E-state index contributed by atoms with van der Waals surface area (Å²) in [6.45, 7) is 6.02. The molecular formula is C16H23NO4. The van der Waals surface area contributed by atoms with E-state index in [-0.39, 0.29) is 17.7 Å². The number of nitrogens with one attached hydrogen (secondary N) is 1. The van der Waals surface area contributed by atoms with Gasteiger partial charge in [-0.05, 0) is 17.4 Å². The van der Waals surface area contributed by atoms with Gasteiger partial charge in [-0.1, -0.05) is 51.1 Å². The van der Waals surface area contributed by atoms with Crippen molar-refractivity contribution in [2.24, 2.45) is 5.41 Å². The molecule has 0 aliphatic carbocycles. The first-order valence-corrected chi connectivity index (χ1v) is 6.96. The molecular weight excluding hydrogens is 270 g/mol. The number of aliphatic hydroxyl groups excluding tert-OH is 1. The van der Waals surface area contributed by atoms with Crippen LogP contribution >= 0.6 is 0 Å². The van der Waals surface area contributed by atoms with Gasteiger partial charge >= 0.3 is 5.97 Å². The average Bonchev–Trinajstić information content (AvgIpc) is 2.41. The van der Waals surface area contributed by atoms with E-state index in [2.05, 4.69) is 5.32 Å². The number of aliphatic carboxylic acids is 1. The van der Waals surface area contributed by atoms with Crippen LogP contribution < -0.4 is 5.32 Å². The van der Waals surface area contributed by atoms with Gasteiger partial charge in [0, 0.05) is 6.42 Å². The Morgan fingerprint density at radius 1 is 1.19 bits per heavy atom. The van der Waals surface area contributed by atoms with Crippen molar-refractivity contribution in [1.29, 1.82) is 0 Å². The molecule has 0 spiro atoms. The van der Waals surface area contributed by atoms with Gasteiger partial charge in [0.25, 0.3) is 0 Å². The van der Waals surface area contributed by atoms with Crippen LogP contribution in [0.3, 0.4) is 0 Å². The first-order chi connectivity index (χ1) is 9.70. The summed E-state index contributed by atoms with van der Waals surface area (Å²) in [4.78, 5) is 23.1. The third kappa shape index (κ3) is 5.95. The first-order valence-electron chi connectivity index (χ1n) is 6.96. The number of rotatable bonds is 6. The van der Waals surface area contributed by atoms with Gasteiger partial charge in [0.1, 0.15) is 6.10 Å². The number of benzene rings is 1. The van der Waals surface area contributed by atoms with Crippen molar-refractivity contribution in [2.45, 2.75) is 45.8 Å². The molecule has 0 saturated heterocycles. The van der Waals surface area contributed by atoms with Crippen molar-refractivity contribution in [1.82, 2.24) is 5.32 Å². The lowest BCUT2D eigenvalue weighted by Crippen LogP contribution is -2.45. The van der Waals surface area contributed by atoms with E-state index in [0.717, 1.165) is 0 Å². The van der Waals surface area contributed by atoms with Crippen molar-refractivity contribution < 1.29 is 19.8 Å². The zero-order valence-electron chi connectivity index (χ0n) is 12.7. The minimum Gasteiger partial charge on any atom is -0.480 e. The van der Waals surface area contributed by atoms with Crippen LogP contribution in [0.15, 0.2) is 30.3 Å². The van der Waals surface area contributed by atoms with E-state index >= 15 is 0 Å². The minimum atomic E-state index is -1.35.